The van der Waals surface area contributed by atoms with Crippen LogP contribution in [0.1, 0.15) is 96.5 Å². The summed E-state index contributed by atoms with van der Waals surface area (Å²) < 4.78 is 0. The van der Waals surface area contributed by atoms with Crippen LogP contribution in [0.15, 0.2) is 30.5 Å². The van der Waals surface area contributed by atoms with Gasteiger partial charge in [0, 0.05) is 23.6 Å². The van der Waals surface area contributed by atoms with E-state index in [1.165, 1.54) is 71.1 Å². The van der Waals surface area contributed by atoms with Crippen molar-refractivity contribution in [1.82, 2.24) is 15.6 Å². The number of aromatic amines is 1. The number of rotatable bonds is 18. The van der Waals surface area contributed by atoms with Crippen LogP contribution in [0.3, 0.4) is 0 Å². The number of hydrogen-bond acceptors (Lipinski definition) is 3. The van der Waals surface area contributed by atoms with Gasteiger partial charge >= 0.3 is 0 Å². The van der Waals surface area contributed by atoms with Gasteiger partial charge in [-0.2, -0.15) is 0 Å². The quantitative estimate of drug-likeness (QED) is 0.219. The Morgan fingerprint density at radius 1 is 0.912 bits per heavy atom. The van der Waals surface area contributed by atoms with Crippen molar-refractivity contribution in [2.45, 2.75) is 109 Å². The Bertz CT molecular complexity index is 846. The Balaban J connectivity index is 1.58. The summed E-state index contributed by atoms with van der Waals surface area (Å²) in [6, 6.07) is 6.84. The molecular formula is C28H45N3O3. The van der Waals surface area contributed by atoms with Crippen molar-refractivity contribution in [2.75, 3.05) is 6.54 Å². The first-order valence-electron chi connectivity index (χ1n) is 13.3. The molecule has 1 heterocycles. The molecule has 0 saturated heterocycles. The number of benzene rings is 1. The van der Waals surface area contributed by atoms with Crippen LogP contribution in [0.2, 0.25) is 0 Å². The highest BCUT2D eigenvalue weighted by Gasteiger charge is 2.25. The summed E-state index contributed by atoms with van der Waals surface area (Å²) in [6.07, 6.45) is 16.2. The number of fused-ring (bicyclic) bond motifs is 1. The molecule has 0 aliphatic heterocycles. The van der Waals surface area contributed by atoms with Crippen molar-refractivity contribution in [3.63, 3.8) is 0 Å². The van der Waals surface area contributed by atoms with E-state index >= 15 is 0 Å². The number of hydrogen-bond donors (Lipinski definition) is 4. The first-order chi connectivity index (χ1) is 16.5. The smallest absolute Gasteiger partial charge is 0.245 e. The number of aliphatic hydroxyl groups is 1. The third kappa shape index (κ3) is 10.3. The number of unbranched alkanes of at least 4 members (excludes halogenated alkanes) is 11. The highest BCUT2D eigenvalue weighted by Crippen LogP contribution is 2.18. The van der Waals surface area contributed by atoms with Gasteiger partial charge in [0.05, 0.1) is 12.5 Å². The van der Waals surface area contributed by atoms with E-state index in [9.17, 15) is 14.7 Å². The second-order valence-electron chi connectivity index (χ2n) is 9.50. The fourth-order valence-corrected chi connectivity index (χ4v) is 4.37. The molecule has 0 aliphatic carbocycles. The molecule has 1 aromatic carbocycles. The molecule has 0 bridgehead atoms. The van der Waals surface area contributed by atoms with Gasteiger partial charge in [0.1, 0.15) is 6.04 Å². The number of H-pyrrole nitrogens is 1. The fourth-order valence-electron chi connectivity index (χ4n) is 4.37. The van der Waals surface area contributed by atoms with Crippen LogP contribution in [-0.2, 0) is 16.0 Å². The lowest BCUT2D eigenvalue weighted by Gasteiger charge is -2.21. The summed E-state index contributed by atoms with van der Waals surface area (Å²) in [6.45, 7) is 4.35. The minimum Gasteiger partial charge on any atom is -0.391 e. The van der Waals surface area contributed by atoms with Gasteiger partial charge in [0.25, 0.3) is 0 Å². The van der Waals surface area contributed by atoms with E-state index in [0.717, 1.165) is 29.3 Å². The number of aromatic nitrogens is 1. The Morgan fingerprint density at radius 2 is 1.50 bits per heavy atom. The number of nitrogens with one attached hydrogen (secondary N) is 3. The molecule has 0 fully saturated rings. The average molecular weight is 472 g/mol. The molecule has 2 rings (SSSR count). The lowest BCUT2D eigenvalue weighted by atomic mass is 10.1. The van der Waals surface area contributed by atoms with Crippen LogP contribution in [-0.4, -0.2) is 40.6 Å². The molecule has 34 heavy (non-hydrogen) atoms. The van der Waals surface area contributed by atoms with Crippen molar-refractivity contribution in [2.24, 2.45) is 0 Å². The molecule has 6 heteroatoms. The largest absolute Gasteiger partial charge is 0.391 e. The van der Waals surface area contributed by atoms with Crippen LogP contribution in [0.25, 0.3) is 10.9 Å². The van der Waals surface area contributed by atoms with Gasteiger partial charge < -0.3 is 20.7 Å². The number of carbonyl (C=O) groups is 2. The predicted octanol–water partition coefficient (Wildman–Crippen LogP) is 5.39. The molecule has 4 N–H and O–H groups in total. The normalized spacial score (nSPS) is 13.0. The number of para-hydroxylation sites is 1. The molecule has 1 aromatic heterocycles. The molecule has 2 atom stereocenters. The molecule has 0 unspecified atom stereocenters. The van der Waals surface area contributed by atoms with Crippen molar-refractivity contribution >= 4 is 22.7 Å². The Morgan fingerprint density at radius 3 is 2.12 bits per heavy atom. The lowest BCUT2D eigenvalue weighted by Crippen LogP contribution is -2.52. The van der Waals surface area contributed by atoms with Gasteiger partial charge in [-0.15, -0.1) is 0 Å². The second kappa shape index (κ2) is 16.3. The van der Waals surface area contributed by atoms with Crippen LogP contribution in [0.4, 0.5) is 0 Å². The van der Waals surface area contributed by atoms with Crippen LogP contribution in [0, 0.1) is 0 Å². The number of amides is 2. The van der Waals surface area contributed by atoms with Crippen LogP contribution >= 0.6 is 0 Å². The second-order valence-corrected chi connectivity index (χ2v) is 9.50. The third-order valence-electron chi connectivity index (χ3n) is 6.44. The van der Waals surface area contributed by atoms with E-state index in [-0.39, 0.29) is 18.2 Å². The summed E-state index contributed by atoms with van der Waals surface area (Å²) in [7, 11) is 0. The summed E-state index contributed by atoms with van der Waals surface area (Å²) in [5.74, 6) is -0.610. The summed E-state index contributed by atoms with van der Waals surface area (Å²) >= 11 is 0. The lowest BCUT2D eigenvalue weighted by molar-refractivity contribution is -0.131. The molecule has 2 amide bonds. The van der Waals surface area contributed by atoms with E-state index in [2.05, 4.69) is 22.5 Å². The zero-order valence-electron chi connectivity index (χ0n) is 21.2. The first-order valence-corrected chi connectivity index (χ1v) is 13.3. The van der Waals surface area contributed by atoms with Gasteiger partial charge in [0.15, 0.2) is 0 Å². The molecule has 0 spiro atoms. The third-order valence-corrected chi connectivity index (χ3v) is 6.44. The SMILES string of the molecule is CCCCCCCCCCCCCCNC(=O)[C@@H](NC(=O)Cc1c[nH]c2ccccc12)[C@@H](C)O. The van der Waals surface area contributed by atoms with Crippen molar-refractivity contribution in [1.29, 1.82) is 0 Å². The molecule has 0 saturated carbocycles. The van der Waals surface area contributed by atoms with E-state index in [1.807, 2.05) is 30.5 Å². The van der Waals surface area contributed by atoms with E-state index in [0.29, 0.717) is 6.54 Å². The number of carbonyl (C=O) groups excluding carboxylic acids is 2. The molecule has 190 valence electrons. The average Bonchev–Trinajstić information content (AvgIpc) is 3.23. The maximum atomic E-state index is 12.5. The van der Waals surface area contributed by atoms with Crippen molar-refractivity contribution in [3.05, 3.63) is 36.0 Å². The van der Waals surface area contributed by atoms with Gasteiger partial charge in [-0.1, -0.05) is 95.8 Å². The standard InChI is InChI=1S/C28H45N3O3/c1-3-4-5-6-7-8-9-10-11-12-13-16-19-29-28(34)27(22(2)32)31-26(33)20-23-21-30-25-18-15-14-17-24(23)25/h14-15,17-18,21-22,27,30,32H,3-13,16,19-20H2,1-2H3,(H,29,34)(H,31,33)/t22-,27+/m1/s1. The van der Waals surface area contributed by atoms with Gasteiger partial charge in [-0.05, 0) is 25.0 Å². The Labute approximate surface area is 205 Å². The summed E-state index contributed by atoms with van der Waals surface area (Å²) in [5.41, 5.74) is 1.84. The van der Waals surface area contributed by atoms with Crippen molar-refractivity contribution < 1.29 is 14.7 Å². The van der Waals surface area contributed by atoms with Gasteiger partial charge in [0.2, 0.25) is 11.8 Å². The molecule has 2 aromatic rings. The summed E-state index contributed by atoms with van der Waals surface area (Å²) in [4.78, 5) is 28.2. The zero-order chi connectivity index (χ0) is 24.6. The maximum Gasteiger partial charge on any atom is 0.245 e. The van der Waals surface area contributed by atoms with Crippen molar-refractivity contribution in [3.8, 4) is 0 Å². The van der Waals surface area contributed by atoms with E-state index in [1.54, 1.807) is 0 Å². The minimum atomic E-state index is -0.964. The Hall–Kier alpha value is -2.34. The summed E-state index contributed by atoms with van der Waals surface area (Å²) in [5, 5.41) is 16.6. The number of aliphatic hydroxyl groups excluding tert-OH is 1. The molecule has 0 radical (unpaired) electrons. The van der Waals surface area contributed by atoms with Crippen LogP contribution < -0.4 is 10.6 Å². The predicted molar refractivity (Wildman–Crippen MR) is 140 cm³/mol. The minimum absolute atomic E-state index is 0.152. The highest BCUT2D eigenvalue weighted by molar-refractivity contribution is 5.92. The first kappa shape index (κ1) is 27.9. The highest BCUT2D eigenvalue weighted by atomic mass is 16.3. The van der Waals surface area contributed by atoms with Crippen LogP contribution in [0.5, 0.6) is 0 Å². The maximum absolute atomic E-state index is 12.5. The van der Waals surface area contributed by atoms with E-state index in [4.69, 9.17) is 0 Å². The van der Waals surface area contributed by atoms with Gasteiger partial charge in [-0.25, -0.2) is 0 Å². The molecule has 0 aliphatic rings. The monoisotopic (exact) mass is 471 g/mol. The Kier molecular flexibility index (Phi) is 13.4. The fraction of sp³-hybridized carbons (Fsp3) is 0.643. The zero-order valence-corrected chi connectivity index (χ0v) is 21.2. The molecular weight excluding hydrogens is 426 g/mol. The topological polar surface area (TPSA) is 94.2 Å². The van der Waals surface area contributed by atoms with Gasteiger partial charge in [-0.3, -0.25) is 9.59 Å². The molecule has 6 nitrogen and oxygen atoms in total. The van der Waals surface area contributed by atoms with E-state index < -0.39 is 12.1 Å².